The molecule has 0 aromatic carbocycles. The molecule has 1 heterocycles. The van der Waals surface area contributed by atoms with Gasteiger partial charge < -0.3 is 16.0 Å². The molecule has 5 nitrogen and oxygen atoms in total. The van der Waals surface area contributed by atoms with E-state index in [0.717, 1.165) is 25.9 Å². The molecule has 1 aliphatic heterocycles. The molecule has 0 aromatic rings. The molecule has 3 N–H and O–H groups in total. The van der Waals surface area contributed by atoms with Gasteiger partial charge >= 0.3 is 0 Å². The van der Waals surface area contributed by atoms with E-state index < -0.39 is 0 Å². The molecule has 96 valence electrons. The summed E-state index contributed by atoms with van der Waals surface area (Å²) >= 11 is 0. The number of rotatable bonds is 6. The van der Waals surface area contributed by atoms with Gasteiger partial charge in [0.05, 0.1) is 0 Å². The van der Waals surface area contributed by atoms with Gasteiger partial charge in [0.2, 0.25) is 11.8 Å². The summed E-state index contributed by atoms with van der Waals surface area (Å²) in [4.78, 5) is 23.1. The summed E-state index contributed by atoms with van der Waals surface area (Å²) in [6, 6.07) is 0.401. The van der Waals surface area contributed by atoms with Crippen molar-refractivity contribution < 1.29 is 9.59 Å². The molecule has 2 rings (SSSR count). The topological polar surface area (TPSA) is 70.2 Å². The van der Waals surface area contributed by atoms with Gasteiger partial charge in [-0.15, -0.1) is 0 Å². The van der Waals surface area contributed by atoms with Crippen LogP contribution in [0.1, 0.15) is 26.2 Å². The van der Waals surface area contributed by atoms with Crippen LogP contribution in [0.4, 0.5) is 0 Å². The second-order valence-corrected chi connectivity index (χ2v) is 5.09. The van der Waals surface area contributed by atoms with Crippen molar-refractivity contribution in [2.24, 2.45) is 11.8 Å². The predicted molar refractivity (Wildman–Crippen MR) is 64.3 cm³/mol. The van der Waals surface area contributed by atoms with E-state index >= 15 is 0 Å². The van der Waals surface area contributed by atoms with Crippen LogP contribution in [0.5, 0.6) is 0 Å². The SMILES string of the molecule is CC(C(=O)NCCC(=O)NC1CC1)C1CNC1. The van der Waals surface area contributed by atoms with Gasteiger partial charge in [0, 0.05) is 24.9 Å². The molecular formula is C12H21N3O2. The van der Waals surface area contributed by atoms with E-state index in [2.05, 4.69) is 16.0 Å². The minimum atomic E-state index is 0.0442. The summed E-state index contributed by atoms with van der Waals surface area (Å²) in [5.41, 5.74) is 0. The van der Waals surface area contributed by atoms with Gasteiger partial charge in [-0.1, -0.05) is 6.92 Å². The fourth-order valence-corrected chi connectivity index (χ4v) is 1.87. The molecule has 2 aliphatic rings. The van der Waals surface area contributed by atoms with E-state index in [9.17, 15) is 9.59 Å². The molecule has 1 unspecified atom stereocenters. The molecule has 17 heavy (non-hydrogen) atoms. The average Bonchev–Trinajstić information content (AvgIpc) is 2.98. The molecule has 2 fully saturated rings. The van der Waals surface area contributed by atoms with E-state index in [1.165, 1.54) is 0 Å². The van der Waals surface area contributed by atoms with Crippen molar-refractivity contribution in [2.45, 2.75) is 32.2 Å². The molecule has 0 aromatic heterocycles. The maximum Gasteiger partial charge on any atom is 0.223 e. The Morgan fingerprint density at radius 3 is 2.59 bits per heavy atom. The number of carbonyl (C=O) groups excluding carboxylic acids is 2. The molecule has 1 saturated carbocycles. The summed E-state index contributed by atoms with van der Waals surface area (Å²) in [6.07, 6.45) is 2.59. The molecule has 1 saturated heterocycles. The summed E-state index contributed by atoms with van der Waals surface area (Å²) in [7, 11) is 0. The van der Waals surface area contributed by atoms with Crippen molar-refractivity contribution in [3.8, 4) is 0 Å². The molecule has 5 heteroatoms. The summed E-state index contributed by atoms with van der Waals surface area (Å²) in [5.74, 6) is 0.611. The second-order valence-electron chi connectivity index (χ2n) is 5.09. The zero-order valence-corrected chi connectivity index (χ0v) is 10.3. The number of nitrogens with one attached hydrogen (secondary N) is 3. The Hall–Kier alpha value is -1.10. The van der Waals surface area contributed by atoms with Crippen molar-refractivity contribution in [3.05, 3.63) is 0 Å². The van der Waals surface area contributed by atoms with Crippen LogP contribution in [0.3, 0.4) is 0 Å². The third kappa shape index (κ3) is 3.70. The number of carbonyl (C=O) groups is 2. The highest BCUT2D eigenvalue weighted by molar-refractivity contribution is 5.80. The fraction of sp³-hybridized carbons (Fsp3) is 0.833. The Bertz CT molecular complexity index is 298. The van der Waals surface area contributed by atoms with Crippen molar-refractivity contribution >= 4 is 11.8 Å². The monoisotopic (exact) mass is 239 g/mol. The van der Waals surface area contributed by atoms with E-state index in [1.807, 2.05) is 6.92 Å². The predicted octanol–water partition coefficient (Wildman–Crippen LogP) is -0.373. The second kappa shape index (κ2) is 5.49. The van der Waals surface area contributed by atoms with Crippen molar-refractivity contribution in [2.75, 3.05) is 19.6 Å². The lowest BCUT2D eigenvalue weighted by molar-refractivity contribution is -0.126. The average molecular weight is 239 g/mol. The fourth-order valence-electron chi connectivity index (χ4n) is 1.87. The maximum absolute atomic E-state index is 11.7. The van der Waals surface area contributed by atoms with Crippen LogP contribution in [0.25, 0.3) is 0 Å². The standard InChI is InChI=1S/C12H21N3O2/c1-8(9-6-13-7-9)12(17)14-5-4-11(16)15-10-2-3-10/h8-10,13H,2-7H2,1H3,(H,14,17)(H,15,16). The van der Waals surface area contributed by atoms with Gasteiger partial charge in [-0.25, -0.2) is 0 Å². The minimum absolute atomic E-state index is 0.0442. The number of amides is 2. The number of hydrogen-bond donors (Lipinski definition) is 3. The molecule has 2 amide bonds. The summed E-state index contributed by atoms with van der Waals surface area (Å²) in [6.45, 7) is 4.25. The van der Waals surface area contributed by atoms with E-state index in [-0.39, 0.29) is 17.7 Å². The molecule has 1 aliphatic carbocycles. The quantitative estimate of drug-likeness (QED) is 0.592. The zero-order valence-electron chi connectivity index (χ0n) is 10.3. The van der Waals surface area contributed by atoms with Crippen LogP contribution >= 0.6 is 0 Å². The Morgan fingerprint density at radius 1 is 1.35 bits per heavy atom. The highest BCUT2D eigenvalue weighted by atomic mass is 16.2. The Morgan fingerprint density at radius 2 is 2.06 bits per heavy atom. The Labute approximate surface area is 102 Å². The Kier molecular flexibility index (Phi) is 3.99. The van der Waals surface area contributed by atoms with Crippen LogP contribution in [0.2, 0.25) is 0 Å². The lowest BCUT2D eigenvalue weighted by Crippen LogP contribution is -2.49. The minimum Gasteiger partial charge on any atom is -0.355 e. The number of hydrogen-bond acceptors (Lipinski definition) is 3. The lowest BCUT2D eigenvalue weighted by Gasteiger charge is -2.31. The Balaban J connectivity index is 1.56. The highest BCUT2D eigenvalue weighted by Gasteiger charge is 2.28. The van der Waals surface area contributed by atoms with Gasteiger partial charge in [0.25, 0.3) is 0 Å². The van der Waals surface area contributed by atoms with E-state index in [1.54, 1.807) is 0 Å². The smallest absolute Gasteiger partial charge is 0.223 e. The molecule has 0 spiro atoms. The first-order valence-corrected chi connectivity index (χ1v) is 6.44. The summed E-state index contributed by atoms with van der Waals surface area (Å²) < 4.78 is 0. The van der Waals surface area contributed by atoms with Crippen molar-refractivity contribution in [3.63, 3.8) is 0 Å². The third-order valence-corrected chi connectivity index (χ3v) is 3.53. The largest absolute Gasteiger partial charge is 0.355 e. The molecule has 0 radical (unpaired) electrons. The molecule has 1 atom stereocenters. The van der Waals surface area contributed by atoms with Crippen LogP contribution in [-0.4, -0.2) is 37.5 Å². The van der Waals surface area contributed by atoms with E-state index in [4.69, 9.17) is 0 Å². The maximum atomic E-state index is 11.7. The van der Waals surface area contributed by atoms with Crippen LogP contribution in [0.15, 0.2) is 0 Å². The van der Waals surface area contributed by atoms with Crippen molar-refractivity contribution in [1.82, 2.24) is 16.0 Å². The molecular weight excluding hydrogens is 218 g/mol. The van der Waals surface area contributed by atoms with Gasteiger partial charge in [0.15, 0.2) is 0 Å². The van der Waals surface area contributed by atoms with Gasteiger partial charge in [0.1, 0.15) is 0 Å². The van der Waals surface area contributed by atoms with Crippen LogP contribution in [-0.2, 0) is 9.59 Å². The van der Waals surface area contributed by atoms with E-state index in [0.29, 0.717) is 24.9 Å². The zero-order chi connectivity index (χ0) is 12.3. The first-order valence-electron chi connectivity index (χ1n) is 6.44. The van der Waals surface area contributed by atoms with Gasteiger partial charge in [-0.3, -0.25) is 9.59 Å². The first-order chi connectivity index (χ1) is 8.16. The van der Waals surface area contributed by atoms with Gasteiger partial charge in [-0.05, 0) is 31.8 Å². The van der Waals surface area contributed by atoms with Crippen LogP contribution in [0, 0.1) is 11.8 Å². The highest BCUT2D eigenvalue weighted by Crippen LogP contribution is 2.18. The summed E-state index contributed by atoms with van der Waals surface area (Å²) in [5, 5.41) is 8.89. The van der Waals surface area contributed by atoms with Crippen molar-refractivity contribution in [1.29, 1.82) is 0 Å². The lowest BCUT2D eigenvalue weighted by atomic mass is 9.88. The first kappa shape index (κ1) is 12.4. The van der Waals surface area contributed by atoms with Gasteiger partial charge in [-0.2, -0.15) is 0 Å². The normalized spacial score (nSPS) is 21.5. The molecule has 0 bridgehead atoms. The third-order valence-electron chi connectivity index (χ3n) is 3.53. The van der Waals surface area contributed by atoms with Crippen LogP contribution < -0.4 is 16.0 Å².